The second kappa shape index (κ2) is 6.82. The van der Waals surface area contributed by atoms with Crippen molar-refractivity contribution in [2.45, 2.75) is 23.3 Å². The van der Waals surface area contributed by atoms with Crippen LogP contribution in [0.4, 0.5) is 0 Å². The van der Waals surface area contributed by atoms with Gasteiger partial charge >= 0.3 is 0 Å². The third-order valence-electron chi connectivity index (χ3n) is 3.71. The van der Waals surface area contributed by atoms with Gasteiger partial charge in [-0.2, -0.15) is 0 Å². The van der Waals surface area contributed by atoms with Crippen LogP contribution in [0.5, 0.6) is 0 Å². The molecule has 0 amide bonds. The van der Waals surface area contributed by atoms with E-state index < -0.39 is 0 Å². The van der Waals surface area contributed by atoms with Gasteiger partial charge in [-0.05, 0) is 53.4 Å². The Morgan fingerprint density at radius 3 is 1.95 bits per heavy atom. The number of hydrogen-bond acceptors (Lipinski definition) is 2. The molecule has 0 saturated carbocycles. The minimum Gasteiger partial charge on any atom is -0.326 e. The smallest absolute Gasteiger partial charge is 0.0178 e. The second-order valence-corrected chi connectivity index (χ2v) is 6.44. The maximum absolute atomic E-state index is 5.63. The normalized spacial score (nSPS) is 10.6. The van der Waals surface area contributed by atoms with Crippen LogP contribution < -0.4 is 5.73 Å². The summed E-state index contributed by atoms with van der Waals surface area (Å²) >= 11 is 1.77. The fourth-order valence-electron chi connectivity index (χ4n) is 2.43. The lowest BCUT2D eigenvalue weighted by atomic mass is 10.0. The minimum absolute atomic E-state index is 0.593. The summed E-state index contributed by atoms with van der Waals surface area (Å²) < 4.78 is 0. The highest BCUT2D eigenvalue weighted by molar-refractivity contribution is 7.99. The van der Waals surface area contributed by atoms with Crippen LogP contribution in [0.3, 0.4) is 0 Å². The number of hydrogen-bond donors (Lipinski definition) is 1. The molecule has 0 unspecified atom stereocenters. The summed E-state index contributed by atoms with van der Waals surface area (Å²) in [5, 5.41) is 0. The molecule has 0 bridgehead atoms. The Balaban J connectivity index is 1.78. The number of benzene rings is 3. The molecular weight excluding hydrogens is 286 g/mol. The Morgan fingerprint density at radius 2 is 1.36 bits per heavy atom. The fraction of sp³-hybridized carbons (Fsp3) is 0.100. The molecule has 2 heteroatoms. The van der Waals surface area contributed by atoms with Gasteiger partial charge in [0.15, 0.2) is 0 Å². The molecule has 0 heterocycles. The van der Waals surface area contributed by atoms with E-state index in [4.69, 9.17) is 5.73 Å². The number of nitrogens with two attached hydrogens (primary N) is 1. The Kier molecular flexibility index (Phi) is 4.62. The van der Waals surface area contributed by atoms with E-state index in [0.717, 1.165) is 0 Å². The average Bonchev–Trinajstić information content (AvgIpc) is 2.57. The third-order valence-corrected chi connectivity index (χ3v) is 4.72. The molecule has 3 aromatic rings. The maximum atomic E-state index is 5.63. The Labute approximate surface area is 136 Å². The van der Waals surface area contributed by atoms with Crippen LogP contribution in [0, 0.1) is 6.92 Å². The SMILES string of the molecule is Cc1ccccc1-c1ccc(Sc2ccc(CN)cc2)cc1. The molecule has 110 valence electrons. The van der Waals surface area contributed by atoms with Gasteiger partial charge in [0.2, 0.25) is 0 Å². The van der Waals surface area contributed by atoms with Crippen molar-refractivity contribution in [3.05, 3.63) is 83.9 Å². The van der Waals surface area contributed by atoms with Crippen molar-refractivity contribution in [2.24, 2.45) is 5.73 Å². The average molecular weight is 305 g/mol. The van der Waals surface area contributed by atoms with Crippen LogP contribution >= 0.6 is 11.8 Å². The van der Waals surface area contributed by atoms with Crippen LogP contribution in [0.2, 0.25) is 0 Å². The largest absolute Gasteiger partial charge is 0.326 e. The van der Waals surface area contributed by atoms with E-state index in [9.17, 15) is 0 Å². The first-order chi connectivity index (χ1) is 10.8. The molecule has 0 aliphatic carbocycles. The summed E-state index contributed by atoms with van der Waals surface area (Å²) in [5.41, 5.74) is 10.7. The monoisotopic (exact) mass is 305 g/mol. The van der Waals surface area contributed by atoms with Gasteiger partial charge in [0.1, 0.15) is 0 Å². The van der Waals surface area contributed by atoms with Crippen molar-refractivity contribution < 1.29 is 0 Å². The van der Waals surface area contributed by atoms with Crippen LogP contribution in [0.1, 0.15) is 11.1 Å². The molecule has 0 atom stereocenters. The summed E-state index contributed by atoms with van der Waals surface area (Å²) in [6, 6.07) is 25.7. The molecule has 0 radical (unpaired) electrons. The van der Waals surface area contributed by atoms with Gasteiger partial charge in [-0.1, -0.05) is 60.3 Å². The van der Waals surface area contributed by atoms with E-state index in [1.807, 2.05) is 0 Å². The van der Waals surface area contributed by atoms with E-state index in [-0.39, 0.29) is 0 Å². The quantitative estimate of drug-likeness (QED) is 0.710. The zero-order chi connectivity index (χ0) is 15.4. The summed E-state index contributed by atoms with van der Waals surface area (Å²) in [4.78, 5) is 2.48. The van der Waals surface area contributed by atoms with E-state index in [0.29, 0.717) is 6.54 Å². The molecule has 22 heavy (non-hydrogen) atoms. The molecule has 3 rings (SSSR count). The first-order valence-corrected chi connectivity index (χ1v) is 8.21. The van der Waals surface area contributed by atoms with Crippen molar-refractivity contribution in [2.75, 3.05) is 0 Å². The number of rotatable bonds is 4. The van der Waals surface area contributed by atoms with Gasteiger partial charge in [0.05, 0.1) is 0 Å². The summed E-state index contributed by atoms with van der Waals surface area (Å²) in [5.74, 6) is 0. The molecule has 0 fully saturated rings. The molecular formula is C20H19NS. The molecule has 3 aromatic carbocycles. The Hall–Kier alpha value is -2.03. The van der Waals surface area contributed by atoms with Crippen molar-refractivity contribution in [3.63, 3.8) is 0 Å². The fourth-order valence-corrected chi connectivity index (χ4v) is 3.25. The van der Waals surface area contributed by atoms with Gasteiger partial charge in [0.25, 0.3) is 0 Å². The van der Waals surface area contributed by atoms with Crippen molar-refractivity contribution in [3.8, 4) is 11.1 Å². The molecule has 0 spiro atoms. The molecule has 0 aliphatic heterocycles. The maximum Gasteiger partial charge on any atom is 0.0178 e. The predicted octanol–water partition coefficient (Wildman–Crippen LogP) is 5.27. The van der Waals surface area contributed by atoms with E-state index in [1.54, 1.807) is 11.8 Å². The van der Waals surface area contributed by atoms with Gasteiger partial charge in [0, 0.05) is 16.3 Å². The molecule has 2 N–H and O–H groups in total. The van der Waals surface area contributed by atoms with Crippen LogP contribution in [0.25, 0.3) is 11.1 Å². The summed E-state index contributed by atoms with van der Waals surface area (Å²) in [7, 11) is 0. The highest BCUT2D eigenvalue weighted by Gasteiger charge is 2.02. The van der Waals surface area contributed by atoms with Gasteiger partial charge in [-0.25, -0.2) is 0 Å². The van der Waals surface area contributed by atoms with Crippen LogP contribution in [-0.4, -0.2) is 0 Å². The topological polar surface area (TPSA) is 26.0 Å². The highest BCUT2D eigenvalue weighted by Crippen LogP contribution is 2.30. The lowest BCUT2D eigenvalue weighted by Gasteiger charge is -2.07. The molecule has 0 saturated heterocycles. The molecule has 0 aliphatic rings. The zero-order valence-corrected chi connectivity index (χ0v) is 13.4. The zero-order valence-electron chi connectivity index (χ0n) is 12.6. The van der Waals surface area contributed by atoms with Crippen molar-refractivity contribution in [1.29, 1.82) is 0 Å². The van der Waals surface area contributed by atoms with E-state index >= 15 is 0 Å². The van der Waals surface area contributed by atoms with Crippen LogP contribution in [0.15, 0.2) is 82.6 Å². The third kappa shape index (κ3) is 3.41. The molecule has 0 aromatic heterocycles. The first kappa shape index (κ1) is 14.9. The van der Waals surface area contributed by atoms with Crippen molar-refractivity contribution >= 4 is 11.8 Å². The van der Waals surface area contributed by atoms with Gasteiger partial charge in [-0.15, -0.1) is 0 Å². The van der Waals surface area contributed by atoms with Crippen LogP contribution in [-0.2, 0) is 6.54 Å². The molecule has 1 nitrogen and oxygen atoms in total. The van der Waals surface area contributed by atoms with E-state index in [1.165, 1.54) is 32.0 Å². The highest BCUT2D eigenvalue weighted by atomic mass is 32.2. The standard InChI is InChI=1S/C20H19NS/c1-15-4-2-3-5-20(15)17-8-12-19(13-9-17)22-18-10-6-16(14-21)7-11-18/h2-13H,14,21H2,1H3. The number of aryl methyl sites for hydroxylation is 1. The van der Waals surface area contributed by atoms with Crippen molar-refractivity contribution in [1.82, 2.24) is 0 Å². The minimum atomic E-state index is 0.593. The lowest BCUT2D eigenvalue weighted by molar-refractivity contribution is 1.07. The second-order valence-electron chi connectivity index (χ2n) is 5.29. The first-order valence-electron chi connectivity index (χ1n) is 7.39. The summed E-state index contributed by atoms with van der Waals surface area (Å²) in [6.07, 6.45) is 0. The lowest BCUT2D eigenvalue weighted by Crippen LogP contribution is -1.94. The van der Waals surface area contributed by atoms with Gasteiger partial charge in [-0.3, -0.25) is 0 Å². The Morgan fingerprint density at radius 1 is 0.773 bits per heavy atom. The summed E-state index contributed by atoms with van der Waals surface area (Å²) in [6.45, 7) is 2.74. The Bertz CT molecular complexity index is 745. The van der Waals surface area contributed by atoms with Gasteiger partial charge < -0.3 is 5.73 Å². The van der Waals surface area contributed by atoms with E-state index in [2.05, 4.69) is 79.7 Å². The predicted molar refractivity (Wildman–Crippen MR) is 95.1 cm³/mol.